The van der Waals surface area contributed by atoms with Crippen molar-refractivity contribution in [2.75, 3.05) is 10.2 Å². The van der Waals surface area contributed by atoms with Gasteiger partial charge in [0, 0.05) is 31.9 Å². The molecule has 43 heavy (non-hydrogen) atoms. The summed E-state index contributed by atoms with van der Waals surface area (Å²) in [5.41, 5.74) is 1.83. The van der Waals surface area contributed by atoms with E-state index in [1.165, 1.54) is 21.2 Å². The molecule has 0 aliphatic carbocycles. The molecule has 0 saturated carbocycles. The third kappa shape index (κ3) is 4.86. The maximum Gasteiger partial charge on any atom is 0.308 e. The Hall–Kier alpha value is -3.89. The van der Waals surface area contributed by atoms with Crippen LogP contribution < -0.4 is 15.1 Å². The summed E-state index contributed by atoms with van der Waals surface area (Å²) in [5, 5.41) is 5.54. The number of carbonyl (C=O) groups is 3. The van der Waals surface area contributed by atoms with Gasteiger partial charge in [-0.05, 0) is 53.4 Å². The van der Waals surface area contributed by atoms with Gasteiger partial charge in [0.25, 0.3) is 0 Å². The second-order valence-electron chi connectivity index (χ2n) is 10.3. The maximum absolute atomic E-state index is 14.0. The van der Waals surface area contributed by atoms with Crippen molar-refractivity contribution in [2.45, 2.75) is 22.7 Å². The number of hydrogen-bond acceptors (Lipinski definition) is 6. The smallest absolute Gasteiger partial charge is 0.308 e. The van der Waals surface area contributed by atoms with E-state index < -0.39 is 17.1 Å². The van der Waals surface area contributed by atoms with Gasteiger partial charge in [-0.2, -0.15) is 0 Å². The molecule has 3 atom stereocenters. The average Bonchev–Trinajstić information content (AvgIpc) is 3.44. The predicted molar refractivity (Wildman–Crippen MR) is 172 cm³/mol. The molecule has 7 nitrogen and oxygen atoms in total. The molecule has 5 aromatic rings. The molecule has 4 aromatic carbocycles. The number of fused-ring (bicyclic) bond motifs is 3. The Morgan fingerprint density at radius 3 is 2.23 bits per heavy atom. The van der Waals surface area contributed by atoms with Crippen molar-refractivity contribution in [1.82, 2.24) is 4.57 Å². The predicted octanol–water partition coefficient (Wildman–Crippen LogP) is 6.80. The van der Waals surface area contributed by atoms with Gasteiger partial charge in [0.05, 0.1) is 16.6 Å². The van der Waals surface area contributed by atoms with Crippen molar-refractivity contribution in [1.29, 1.82) is 0 Å². The molecular formula is C32H21Cl2N3O4S2. The van der Waals surface area contributed by atoms with Crippen molar-refractivity contribution in [3.63, 3.8) is 0 Å². The minimum atomic E-state index is -0.794. The second kappa shape index (κ2) is 11.0. The van der Waals surface area contributed by atoms with Gasteiger partial charge in [-0.15, -0.1) is 0 Å². The highest BCUT2D eigenvalue weighted by Crippen LogP contribution is 2.54. The van der Waals surface area contributed by atoms with Gasteiger partial charge in [-0.25, -0.2) is 4.90 Å². The summed E-state index contributed by atoms with van der Waals surface area (Å²) in [5.74, 6) is -2.43. The number of nitrogens with zero attached hydrogens (tertiary/aromatic N) is 2. The molecule has 2 aliphatic heterocycles. The Morgan fingerprint density at radius 2 is 1.49 bits per heavy atom. The van der Waals surface area contributed by atoms with Gasteiger partial charge in [-0.1, -0.05) is 94.8 Å². The van der Waals surface area contributed by atoms with Crippen LogP contribution in [0.5, 0.6) is 0 Å². The molecule has 0 radical (unpaired) electrons. The molecular weight excluding hydrogens is 625 g/mol. The van der Waals surface area contributed by atoms with Crippen LogP contribution in [-0.4, -0.2) is 27.5 Å². The Labute approximate surface area is 264 Å². The van der Waals surface area contributed by atoms with Gasteiger partial charge < -0.3 is 5.32 Å². The maximum atomic E-state index is 14.0. The number of nitrogens with one attached hydrogen (secondary N) is 1. The van der Waals surface area contributed by atoms with E-state index in [9.17, 15) is 19.2 Å². The summed E-state index contributed by atoms with van der Waals surface area (Å²) < 4.78 is 1.41. The van der Waals surface area contributed by atoms with E-state index in [4.69, 9.17) is 23.2 Å². The summed E-state index contributed by atoms with van der Waals surface area (Å²) in [4.78, 5) is 56.1. The number of carbonyl (C=O) groups excluding carboxylic acids is 3. The normalized spacial score (nSPS) is 19.4. The van der Waals surface area contributed by atoms with Gasteiger partial charge in [-0.3, -0.25) is 23.7 Å². The first kappa shape index (κ1) is 27.9. The van der Waals surface area contributed by atoms with Crippen LogP contribution in [0.4, 0.5) is 11.4 Å². The molecule has 7 rings (SSSR count). The van der Waals surface area contributed by atoms with Crippen LogP contribution in [-0.2, 0) is 20.9 Å². The number of aromatic nitrogens is 1. The lowest BCUT2D eigenvalue weighted by molar-refractivity contribution is -0.122. The van der Waals surface area contributed by atoms with E-state index in [-0.39, 0.29) is 29.1 Å². The van der Waals surface area contributed by atoms with Gasteiger partial charge in [0.1, 0.15) is 11.8 Å². The summed E-state index contributed by atoms with van der Waals surface area (Å²) in [6, 6.07) is 27.0. The summed E-state index contributed by atoms with van der Waals surface area (Å²) >= 11 is 14.4. The molecule has 214 valence electrons. The van der Waals surface area contributed by atoms with Crippen molar-refractivity contribution < 1.29 is 14.4 Å². The molecule has 3 heterocycles. The van der Waals surface area contributed by atoms with Crippen LogP contribution in [0.2, 0.25) is 10.0 Å². The third-order valence-corrected chi connectivity index (χ3v) is 10.8. The third-order valence-electron chi connectivity index (χ3n) is 7.73. The lowest BCUT2D eigenvalue weighted by atomic mass is 9.83. The number of rotatable bonds is 5. The molecule has 1 fully saturated rings. The zero-order chi connectivity index (χ0) is 29.8. The standard InChI is InChI=1S/C32H21Cl2N3O4S2/c33-19-10-8-18(9-11-19)25-26-27(30(40)37(29(26)39)21-14-12-20(34)13-15-21)42-31-28(25)43-32(41)36(31)16-24(38)35-23-7-3-5-17-4-1-2-6-22(17)23/h1-15,25-27H,16H2,(H,35,38)/t25-,26?,27?/m1/s1. The van der Waals surface area contributed by atoms with E-state index in [2.05, 4.69) is 5.32 Å². The second-order valence-corrected chi connectivity index (χ2v) is 13.3. The Balaban J connectivity index is 1.28. The SMILES string of the molecule is O=C(Cn1c2c(sc1=O)[C@H](c1ccc(Cl)cc1)C1C(=O)N(c3ccc(Cl)cc3)C(=O)C1S2)Nc1cccc2ccccc12. The molecule has 2 unspecified atom stereocenters. The van der Waals surface area contributed by atoms with E-state index in [1.54, 1.807) is 36.4 Å². The fourth-order valence-electron chi connectivity index (χ4n) is 5.80. The van der Waals surface area contributed by atoms with E-state index in [1.807, 2.05) is 54.6 Å². The number of imide groups is 1. The molecule has 1 N–H and O–H groups in total. The highest BCUT2D eigenvalue weighted by Gasteiger charge is 2.56. The van der Waals surface area contributed by atoms with Crippen molar-refractivity contribution in [2.24, 2.45) is 5.92 Å². The average molecular weight is 647 g/mol. The molecule has 0 bridgehead atoms. The minimum Gasteiger partial charge on any atom is -0.324 e. The first-order valence-corrected chi connectivity index (χ1v) is 15.8. The van der Waals surface area contributed by atoms with Crippen LogP contribution in [0, 0.1) is 5.92 Å². The Bertz CT molecular complexity index is 1980. The highest BCUT2D eigenvalue weighted by molar-refractivity contribution is 8.00. The van der Waals surface area contributed by atoms with Crippen LogP contribution in [0.3, 0.4) is 0 Å². The van der Waals surface area contributed by atoms with E-state index in [0.29, 0.717) is 31.3 Å². The number of halogens is 2. The van der Waals surface area contributed by atoms with Crippen molar-refractivity contribution in [3.8, 4) is 0 Å². The summed E-state index contributed by atoms with van der Waals surface area (Å²) in [6.45, 7) is -0.241. The van der Waals surface area contributed by atoms with Gasteiger partial charge >= 0.3 is 4.87 Å². The zero-order valence-corrected chi connectivity index (χ0v) is 25.3. The lowest BCUT2D eigenvalue weighted by Crippen LogP contribution is -2.33. The number of thioether (sulfide) groups is 1. The number of anilines is 2. The van der Waals surface area contributed by atoms with Gasteiger partial charge in [0.15, 0.2) is 0 Å². The van der Waals surface area contributed by atoms with Crippen LogP contribution in [0.1, 0.15) is 16.4 Å². The van der Waals surface area contributed by atoms with Crippen LogP contribution in [0.15, 0.2) is 101 Å². The van der Waals surface area contributed by atoms with Crippen LogP contribution in [0.25, 0.3) is 10.8 Å². The number of thiazole rings is 1. The molecule has 3 amide bonds. The minimum absolute atomic E-state index is 0.241. The van der Waals surface area contributed by atoms with Crippen LogP contribution >= 0.6 is 46.3 Å². The van der Waals surface area contributed by atoms with E-state index >= 15 is 0 Å². The highest BCUT2D eigenvalue weighted by atomic mass is 35.5. The molecule has 1 saturated heterocycles. The molecule has 11 heteroatoms. The molecule has 2 aliphatic rings. The number of benzene rings is 4. The zero-order valence-electron chi connectivity index (χ0n) is 22.2. The summed E-state index contributed by atoms with van der Waals surface area (Å²) in [6.07, 6.45) is 0. The Morgan fingerprint density at radius 1 is 0.814 bits per heavy atom. The fraction of sp³-hybridized carbons (Fsp3) is 0.125. The van der Waals surface area contributed by atoms with Gasteiger partial charge in [0.2, 0.25) is 17.7 Å². The Kier molecular flexibility index (Phi) is 7.13. The topological polar surface area (TPSA) is 88.5 Å². The summed E-state index contributed by atoms with van der Waals surface area (Å²) in [7, 11) is 0. The molecule has 0 spiro atoms. The largest absolute Gasteiger partial charge is 0.324 e. The number of hydrogen-bond donors (Lipinski definition) is 1. The lowest BCUT2D eigenvalue weighted by Gasteiger charge is -2.30. The quantitative estimate of drug-likeness (QED) is 0.212. The van der Waals surface area contributed by atoms with Crippen molar-refractivity contribution >= 4 is 86.2 Å². The van der Waals surface area contributed by atoms with E-state index in [0.717, 1.165) is 27.7 Å². The monoisotopic (exact) mass is 645 g/mol. The first-order valence-electron chi connectivity index (χ1n) is 13.4. The fourth-order valence-corrected chi connectivity index (χ4v) is 8.82. The molecule has 1 aromatic heterocycles. The van der Waals surface area contributed by atoms with Crippen molar-refractivity contribution in [3.05, 3.63) is 121 Å². The number of amides is 3. The first-order chi connectivity index (χ1) is 20.8.